The number of ether oxygens (including phenoxy) is 1. The van der Waals surface area contributed by atoms with Crippen LogP contribution in [0.1, 0.15) is 50.9 Å². The molecule has 0 aromatic heterocycles. The Morgan fingerprint density at radius 2 is 1.79 bits per heavy atom. The van der Waals surface area contributed by atoms with Gasteiger partial charge in [-0.1, -0.05) is 19.9 Å². The molecule has 106 valence electrons. The first-order chi connectivity index (χ1) is 9.04. The minimum atomic E-state index is 0.0857. The van der Waals surface area contributed by atoms with Crippen LogP contribution in [0.25, 0.3) is 0 Å². The number of benzene rings is 1. The molecular formula is C16H25NO2. The van der Waals surface area contributed by atoms with Crippen molar-refractivity contribution in [2.45, 2.75) is 52.6 Å². The lowest BCUT2D eigenvalue weighted by molar-refractivity contribution is 0.0598. The molecule has 0 aliphatic heterocycles. The van der Waals surface area contributed by atoms with Crippen LogP contribution in [0.4, 0.5) is 0 Å². The number of amides is 1. The van der Waals surface area contributed by atoms with Crippen LogP contribution >= 0.6 is 0 Å². The highest BCUT2D eigenvalue weighted by Gasteiger charge is 2.24. The molecule has 1 rings (SSSR count). The van der Waals surface area contributed by atoms with E-state index < -0.39 is 0 Å². The van der Waals surface area contributed by atoms with Crippen LogP contribution < -0.4 is 4.74 Å². The fourth-order valence-corrected chi connectivity index (χ4v) is 2.13. The van der Waals surface area contributed by atoms with E-state index in [2.05, 4.69) is 27.7 Å². The molecule has 2 atom stereocenters. The molecule has 0 aliphatic carbocycles. The van der Waals surface area contributed by atoms with Gasteiger partial charge in [0.05, 0.1) is 7.11 Å². The first-order valence-electron chi connectivity index (χ1n) is 7.01. The summed E-state index contributed by atoms with van der Waals surface area (Å²) in [6.45, 7) is 8.42. The molecule has 0 radical (unpaired) electrons. The molecule has 19 heavy (non-hydrogen) atoms. The lowest BCUT2D eigenvalue weighted by Crippen LogP contribution is -2.44. The van der Waals surface area contributed by atoms with E-state index in [9.17, 15) is 4.79 Å². The van der Waals surface area contributed by atoms with Gasteiger partial charge >= 0.3 is 0 Å². The number of methoxy groups -OCH3 is 1. The molecule has 0 N–H and O–H groups in total. The predicted molar refractivity (Wildman–Crippen MR) is 78.7 cm³/mol. The number of rotatable bonds is 6. The van der Waals surface area contributed by atoms with Crippen molar-refractivity contribution in [3.8, 4) is 5.75 Å². The number of carbonyl (C=O) groups is 1. The summed E-state index contributed by atoms with van der Waals surface area (Å²) in [6, 6.07) is 7.86. The second-order valence-electron chi connectivity index (χ2n) is 4.96. The number of hydrogen-bond acceptors (Lipinski definition) is 2. The van der Waals surface area contributed by atoms with Gasteiger partial charge in [-0.25, -0.2) is 0 Å². The quantitative estimate of drug-likeness (QED) is 0.782. The van der Waals surface area contributed by atoms with Crippen LogP contribution in [0.2, 0.25) is 0 Å². The van der Waals surface area contributed by atoms with Gasteiger partial charge in [0.1, 0.15) is 5.75 Å². The zero-order valence-corrected chi connectivity index (χ0v) is 12.6. The van der Waals surface area contributed by atoms with E-state index in [4.69, 9.17) is 4.74 Å². The molecule has 0 saturated heterocycles. The fourth-order valence-electron chi connectivity index (χ4n) is 2.13. The minimum absolute atomic E-state index is 0.0857. The average molecular weight is 263 g/mol. The molecule has 3 heteroatoms. The third-order valence-corrected chi connectivity index (χ3v) is 3.68. The second kappa shape index (κ2) is 7.17. The Hall–Kier alpha value is -1.51. The van der Waals surface area contributed by atoms with Crippen molar-refractivity contribution in [2.75, 3.05) is 7.11 Å². The molecule has 0 fully saturated rings. The van der Waals surface area contributed by atoms with Crippen molar-refractivity contribution >= 4 is 5.91 Å². The Balaban J connectivity index is 3.04. The highest BCUT2D eigenvalue weighted by atomic mass is 16.5. The van der Waals surface area contributed by atoms with Crippen LogP contribution in [0.5, 0.6) is 5.75 Å². The molecule has 0 aliphatic rings. The first kappa shape index (κ1) is 15.5. The van der Waals surface area contributed by atoms with Gasteiger partial charge < -0.3 is 9.64 Å². The monoisotopic (exact) mass is 263 g/mol. The van der Waals surface area contributed by atoms with Crippen LogP contribution in [0, 0.1) is 0 Å². The van der Waals surface area contributed by atoms with Gasteiger partial charge in [0.15, 0.2) is 0 Å². The van der Waals surface area contributed by atoms with Crippen LogP contribution in [0.15, 0.2) is 24.3 Å². The lowest BCUT2D eigenvalue weighted by Gasteiger charge is -2.34. The van der Waals surface area contributed by atoms with Crippen molar-refractivity contribution in [3.05, 3.63) is 29.8 Å². The van der Waals surface area contributed by atoms with Crippen LogP contribution in [-0.4, -0.2) is 30.0 Å². The zero-order valence-electron chi connectivity index (χ0n) is 12.6. The molecule has 0 unspecified atom stereocenters. The molecule has 0 heterocycles. The lowest BCUT2D eigenvalue weighted by atomic mass is 10.1. The van der Waals surface area contributed by atoms with Gasteiger partial charge in [-0.3, -0.25) is 4.79 Å². The molecule has 1 amide bonds. The summed E-state index contributed by atoms with van der Waals surface area (Å²) in [4.78, 5) is 14.7. The molecule has 0 bridgehead atoms. The maximum atomic E-state index is 12.7. The summed E-state index contributed by atoms with van der Waals surface area (Å²) in [5.41, 5.74) is 0.694. The van der Waals surface area contributed by atoms with Gasteiger partial charge in [0.25, 0.3) is 5.91 Å². The summed E-state index contributed by atoms with van der Waals surface area (Å²) in [7, 11) is 1.62. The van der Waals surface area contributed by atoms with Crippen molar-refractivity contribution in [1.29, 1.82) is 0 Å². The molecular weight excluding hydrogens is 238 g/mol. The SMILES string of the molecule is CC[C@@H](C)N(C(=O)c1cccc(OC)c1)[C@H](C)CC. The van der Waals surface area contributed by atoms with Crippen molar-refractivity contribution in [2.24, 2.45) is 0 Å². The smallest absolute Gasteiger partial charge is 0.254 e. The normalized spacial score (nSPS) is 13.7. The first-order valence-corrected chi connectivity index (χ1v) is 7.01. The maximum absolute atomic E-state index is 12.7. The summed E-state index contributed by atoms with van der Waals surface area (Å²) < 4.78 is 5.19. The van der Waals surface area contributed by atoms with E-state index in [1.807, 2.05) is 23.1 Å². The predicted octanol–water partition coefficient (Wildman–Crippen LogP) is 3.73. The van der Waals surface area contributed by atoms with E-state index >= 15 is 0 Å². The second-order valence-corrected chi connectivity index (χ2v) is 4.96. The maximum Gasteiger partial charge on any atom is 0.254 e. The largest absolute Gasteiger partial charge is 0.497 e. The van der Waals surface area contributed by atoms with E-state index in [0.29, 0.717) is 5.56 Å². The van der Waals surface area contributed by atoms with Gasteiger partial charge in [-0.15, -0.1) is 0 Å². The fraction of sp³-hybridized carbons (Fsp3) is 0.562. The standard InChI is InChI=1S/C16H25NO2/c1-6-12(3)17(13(4)7-2)16(18)14-9-8-10-15(11-14)19-5/h8-13H,6-7H2,1-5H3/t12-,13-/m1/s1. The highest BCUT2D eigenvalue weighted by molar-refractivity contribution is 5.95. The van der Waals surface area contributed by atoms with Crippen molar-refractivity contribution < 1.29 is 9.53 Å². The average Bonchev–Trinajstić information content (AvgIpc) is 2.46. The Morgan fingerprint density at radius 1 is 1.21 bits per heavy atom. The Bertz CT molecular complexity index is 407. The van der Waals surface area contributed by atoms with Gasteiger partial charge in [0.2, 0.25) is 0 Å². The van der Waals surface area contributed by atoms with Gasteiger partial charge in [-0.05, 0) is 44.9 Å². The summed E-state index contributed by atoms with van der Waals surface area (Å²) >= 11 is 0. The molecule has 0 saturated carbocycles. The van der Waals surface area contributed by atoms with E-state index in [1.54, 1.807) is 13.2 Å². The third kappa shape index (κ3) is 3.72. The minimum Gasteiger partial charge on any atom is -0.497 e. The Kier molecular flexibility index (Phi) is 5.87. The molecule has 1 aromatic rings. The summed E-state index contributed by atoms with van der Waals surface area (Å²) in [5.74, 6) is 0.807. The zero-order chi connectivity index (χ0) is 14.4. The molecule has 0 spiro atoms. The molecule has 1 aromatic carbocycles. The number of hydrogen-bond donors (Lipinski definition) is 0. The third-order valence-electron chi connectivity index (χ3n) is 3.68. The van der Waals surface area contributed by atoms with E-state index in [0.717, 1.165) is 18.6 Å². The Labute approximate surface area is 116 Å². The molecule has 3 nitrogen and oxygen atoms in total. The topological polar surface area (TPSA) is 29.5 Å². The van der Waals surface area contributed by atoms with Crippen molar-refractivity contribution in [1.82, 2.24) is 4.90 Å². The van der Waals surface area contributed by atoms with E-state index in [-0.39, 0.29) is 18.0 Å². The van der Waals surface area contributed by atoms with Crippen molar-refractivity contribution in [3.63, 3.8) is 0 Å². The summed E-state index contributed by atoms with van der Waals surface area (Å²) in [5, 5.41) is 0. The number of carbonyl (C=O) groups excluding carboxylic acids is 1. The van der Waals surface area contributed by atoms with Crippen LogP contribution in [-0.2, 0) is 0 Å². The highest BCUT2D eigenvalue weighted by Crippen LogP contribution is 2.19. The van der Waals surface area contributed by atoms with Crippen LogP contribution in [0.3, 0.4) is 0 Å². The number of nitrogens with zero attached hydrogens (tertiary/aromatic N) is 1. The Morgan fingerprint density at radius 3 is 2.26 bits per heavy atom. The van der Waals surface area contributed by atoms with Gasteiger partial charge in [0, 0.05) is 17.6 Å². The van der Waals surface area contributed by atoms with E-state index in [1.165, 1.54) is 0 Å². The summed E-state index contributed by atoms with van der Waals surface area (Å²) in [6.07, 6.45) is 1.92. The van der Waals surface area contributed by atoms with Gasteiger partial charge in [-0.2, -0.15) is 0 Å².